The first-order valence-corrected chi connectivity index (χ1v) is 9.80. The van der Waals surface area contributed by atoms with Gasteiger partial charge in [-0.1, -0.05) is 59.5 Å². The number of carbonyl (C=O) groups is 1. The monoisotopic (exact) mass is 390 g/mol. The smallest absolute Gasteiger partial charge is 0.257 e. The molecule has 0 saturated carbocycles. The zero-order valence-corrected chi connectivity index (χ0v) is 15.7. The number of carbonyl (C=O) groups excluding carboxylic acids is 1. The number of aromatic nitrogens is 3. The molecule has 0 radical (unpaired) electrons. The Morgan fingerprint density at radius 1 is 0.889 bits per heavy atom. The van der Waals surface area contributed by atoms with Crippen LogP contribution in [0.15, 0.2) is 88.9 Å². The van der Waals surface area contributed by atoms with Gasteiger partial charge in [0.05, 0.1) is 0 Å². The first-order chi connectivity index (χ1) is 13.3. The van der Waals surface area contributed by atoms with Crippen molar-refractivity contribution in [1.82, 2.24) is 15.2 Å². The van der Waals surface area contributed by atoms with Gasteiger partial charge in [-0.3, -0.25) is 10.1 Å². The zero-order chi connectivity index (χ0) is 18.5. The highest BCUT2D eigenvalue weighted by Crippen LogP contribution is 2.27. The number of hydrogen-bond acceptors (Lipinski definition) is 6. The average Bonchev–Trinajstić information content (AvgIpc) is 3.18. The number of hydrogen-bond donors (Lipinski definition) is 1. The van der Waals surface area contributed by atoms with Gasteiger partial charge in [0.25, 0.3) is 5.91 Å². The van der Waals surface area contributed by atoms with E-state index in [1.165, 1.54) is 11.3 Å². The Labute approximate surface area is 164 Å². The minimum atomic E-state index is -0.208. The first kappa shape index (κ1) is 17.4. The van der Waals surface area contributed by atoms with Crippen molar-refractivity contribution in [2.75, 3.05) is 5.32 Å². The van der Waals surface area contributed by atoms with Gasteiger partial charge in [0.1, 0.15) is 10.0 Å². The van der Waals surface area contributed by atoms with Crippen molar-refractivity contribution in [2.24, 2.45) is 0 Å². The largest absolute Gasteiger partial charge is 0.296 e. The number of nitrogens with one attached hydrogen (secondary N) is 1. The summed E-state index contributed by atoms with van der Waals surface area (Å²) in [6.45, 7) is 0. The van der Waals surface area contributed by atoms with Gasteiger partial charge in [0.15, 0.2) is 0 Å². The van der Waals surface area contributed by atoms with E-state index >= 15 is 0 Å². The third-order valence-electron chi connectivity index (χ3n) is 3.64. The molecule has 4 rings (SSSR count). The average molecular weight is 390 g/mol. The highest BCUT2D eigenvalue weighted by atomic mass is 32.2. The molecule has 0 spiro atoms. The topological polar surface area (TPSA) is 67.8 Å². The molecular weight excluding hydrogens is 376 g/mol. The number of rotatable bonds is 5. The molecule has 0 bridgehead atoms. The van der Waals surface area contributed by atoms with Crippen molar-refractivity contribution in [3.63, 3.8) is 0 Å². The summed E-state index contributed by atoms with van der Waals surface area (Å²) in [7, 11) is 0. The maximum absolute atomic E-state index is 12.4. The van der Waals surface area contributed by atoms with Crippen LogP contribution in [0.5, 0.6) is 0 Å². The van der Waals surface area contributed by atoms with Crippen molar-refractivity contribution in [3.8, 4) is 10.6 Å². The van der Waals surface area contributed by atoms with E-state index in [-0.39, 0.29) is 5.91 Å². The van der Waals surface area contributed by atoms with Crippen LogP contribution < -0.4 is 5.32 Å². The number of benzene rings is 2. The fraction of sp³-hybridized carbons (Fsp3) is 0. The summed E-state index contributed by atoms with van der Waals surface area (Å²) in [5.74, 6) is -0.208. The molecule has 1 N–H and O–H groups in total. The second kappa shape index (κ2) is 8.11. The summed E-state index contributed by atoms with van der Waals surface area (Å²) in [5, 5.41) is 13.2. The van der Waals surface area contributed by atoms with E-state index in [4.69, 9.17) is 0 Å². The molecule has 0 unspecified atom stereocenters. The Morgan fingerprint density at radius 2 is 1.67 bits per heavy atom. The van der Waals surface area contributed by atoms with Gasteiger partial charge in [0, 0.05) is 22.2 Å². The van der Waals surface area contributed by atoms with Gasteiger partial charge in [-0.15, -0.1) is 10.2 Å². The van der Waals surface area contributed by atoms with Gasteiger partial charge in [0.2, 0.25) is 5.13 Å². The molecule has 7 heteroatoms. The van der Waals surface area contributed by atoms with E-state index in [9.17, 15) is 4.79 Å². The molecule has 0 saturated heterocycles. The third-order valence-corrected chi connectivity index (χ3v) is 5.49. The van der Waals surface area contributed by atoms with Crippen LogP contribution in [0.25, 0.3) is 10.6 Å². The van der Waals surface area contributed by atoms with Crippen molar-refractivity contribution >= 4 is 34.1 Å². The Balaban J connectivity index is 1.42. The molecule has 2 aromatic carbocycles. The Kier molecular flexibility index (Phi) is 5.22. The molecule has 132 valence electrons. The predicted molar refractivity (Wildman–Crippen MR) is 108 cm³/mol. The molecule has 0 fully saturated rings. The van der Waals surface area contributed by atoms with Gasteiger partial charge in [-0.25, -0.2) is 4.98 Å². The molecule has 0 aliphatic heterocycles. The number of nitrogens with zero attached hydrogens (tertiary/aromatic N) is 3. The number of anilines is 1. The third kappa shape index (κ3) is 4.39. The highest BCUT2D eigenvalue weighted by molar-refractivity contribution is 7.99. The van der Waals surface area contributed by atoms with Crippen LogP contribution in [0.1, 0.15) is 10.4 Å². The summed E-state index contributed by atoms with van der Waals surface area (Å²) in [6.07, 6.45) is 1.76. The quantitative estimate of drug-likeness (QED) is 0.519. The van der Waals surface area contributed by atoms with E-state index in [2.05, 4.69) is 20.5 Å². The van der Waals surface area contributed by atoms with E-state index in [0.29, 0.717) is 10.7 Å². The molecular formula is C20H14N4OS2. The second-order valence-corrected chi connectivity index (χ2v) is 7.60. The van der Waals surface area contributed by atoms with Gasteiger partial charge < -0.3 is 0 Å². The zero-order valence-electron chi connectivity index (χ0n) is 14.1. The van der Waals surface area contributed by atoms with Crippen molar-refractivity contribution in [1.29, 1.82) is 0 Å². The summed E-state index contributed by atoms with van der Waals surface area (Å²) < 4.78 is 0. The predicted octanol–water partition coefficient (Wildman–Crippen LogP) is 5.00. The van der Waals surface area contributed by atoms with Crippen LogP contribution >= 0.6 is 23.1 Å². The molecule has 4 aromatic rings. The number of amides is 1. The maximum Gasteiger partial charge on any atom is 0.257 e. The SMILES string of the molecule is O=C(Nc1nnc(-c2ccccc2)s1)c1ccc(Sc2ccccn2)cc1. The lowest BCUT2D eigenvalue weighted by molar-refractivity contribution is 0.102. The second-order valence-electron chi connectivity index (χ2n) is 5.53. The van der Waals surface area contributed by atoms with Crippen LogP contribution in [0.4, 0.5) is 5.13 Å². The Bertz CT molecular complexity index is 1030. The van der Waals surface area contributed by atoms with Crippen LogP contribution in [0.2, 0.25) is 0 Å². The minimum Gasteiger partial charge on any atom is -0.296 e. The van der Waals surface area contributed by atoms with E-state index < -0.39 is 0 Å². The minimum absolute atomic E-state index is 0.208. The summed E-state index contributed by atoms with van der Waals surface area (Å²) >= 11 is 2.90. The molecule has 0 aliphatic rings. The molecule has 2 aromatic heterocycles. The highest BCUT2D eigenvalue weighted by Gasteiger charge is 2.11. The van der Waals surface area contributed by atoms with Crippen molar-refractivity contribution in [3.05, 3.63) is 84.6 Å². The Hall–Kier alpha value is -3.03. The summed E-state index contributed by atoms with van der Waals surface area (Å²) in [4.78, 5) is 17.7. The summed E-state index contributed by atoms with van der Waals surface area (Å²) in [6, 6.07) is 22.9. The molecule has 0 aliphatic carbocycles. The van der Waals surface area contributed by atoms with Crippen LogP contribution in [-0.2, 0) is 0 Å². The van der Waals surface area contributed by atoms with Gasteiger partial charge in [-0.2, -0.15) is 0 Å². The first-order valence-electron chi connectivity index (χ1n) is 8.17. The Morgan fingerprint density at radius 3 is 2.41 bits per heavy atom. The van der Waals surface area contributed by atoms with E-state index in [1.807, 2.05) is 60.7 Å². The lowest BCUT2D eigenvalue weighted by Gasteiger charge is -2.03. The van der Waals surface area contributed by atoms with Crippen LogP contribution in [-0.4, -0.2) is 21.1 Å². The lowest BCUT2D eigenvalue weighted by atomic mass is 10.2. The molecule has 5 nitrogen and oxygen atoms in total. The van der Waals surface area contributed by atoms with Crippen LogP contribution in [0, 0.1) is 0 Å². The van der Waals surface area contributed by atoms with Crippen molar-refractivity contribution in [2.45, 2.75) is 9.92 Å². The van der Waals surface area contributed by atoms with Crippen molar-refractivity contribution < 1.29 is 4.79 Å². The fourth-order valence-corrected chi connectivity index (χ4v) is 3.86. The molecule has 27 heavy (non-hydrogen) atoms. The lowest BCUT2D eigenvalue weighted by Crippen LogP contribution is -2.11. The van der Waals surface area contributed by atoms with Gasteiger partial charge in [-0.05, 0) is 36.4 Å². The molecule has 2 heterocycles. The molecule has 0 atom stereocenters. The fourth-order valence-electron chi connectivity index (χ4n) is 2.34. The maximum atomic E-state index is 12.4. The summed E-state index contributed by atoms with van der Waals surface area (Å²) in [5.41, 5.74) is 1.54. The molecule has 1 amide bonds. The van der Waals surface area contributed by atoms with E-state index in [1.54, 1.807) is 30.1 Å². The van der Waals surface area contributed by atoms with E-state index in [0.717, 1.165) is 20.5 Å². The normalized spacial score (nSPS) is 10.5. The van der Waals surface area contributed by atoms with Crippen LogP contribution in [0.3, 0.4) is 0 Å². The van der Waals surface area contributed by atoms with Gasteiger partial charge >= 0.3 is 0 Å². The standard InChI is InChI=1S/C20H14N4OS2/c25-18(22-20-24-23-19(27-20)15-6-2-1-3-7-15)14-9-11-16(12-10-14)26-17-8-4-5-13-21-17/h1-13H,(H,22,24,25). The number of pyridine rings is 1.